The zero-order valence-electron chi connectivity index (χ0n) is 33.9. The van der Waals surface area contributed by atoms with Gasteiger partial charge in [-0.05, 0) is 93.7 Å². The Balaban J connectivity index is 0.734. The van der Waals surface area contributed by atoms with E-state index in [2.05, 4.69) is 47.1 Å². The Bertz CT molecular complexity index is 2300. The lowest BCUT2D eigenvalue weighted by Gasteiger charge is -2.42. The van der Waals surface area contributed by atoms with Crippen molar-refractivity contribution < 1.29 is 28.2 Å². The number of nitrogens with zero attached hydrogens (tertiary/aromatic N) is 6. The van der Waals surface area contributed by atoms with E-state index in [1.165, 1.54) is 31.3 Å². The molecular weight excluding hydrogens is 787 g/mol. The minimum absolute atomic E-state index is 0.0258. The van der Waals surface area contributed by atoms with Crippen LogP contribution in [0.25, 0.3) is 10.9 Å². The van der Waals surface area contributed by atoms with Crippen molar-refractivity contribution in [3.63, 3.8) is 0 Å². The number of anilines is 2. The van der Waals surface area contributed by atoms with Gasteiger partial charge in [0, 0.05) is 86.4 Å². The summed E-state index contributed by atoms with van der Waals surface area (Å²) in [5, 5.41) is 6.35. The molecule has 4 aliphatic rings. The number of halogens is 2. The third-order valence-electron chi connectivity index (χ3n) is 12.0. The van der Waals surface area contributed by atoms with Gasteiger partial charge in [-0.2, -0.15) is 0 Å². The van der Waals surface area contributed by atoms with Crippen LogP contribution in [0.15, 0.2) is 54.9 Å². The number of amides is 3. The molecule has 314 valence electrons. The number of ether oxygens (including phenoxy) is 2. The lowest BCUT2D eigenvalue weighted by molar-refractivity contribution is -0.136. The predicted octanol–water partition coefficient (Wildman–Crippen LogP) is 5.62. The van der Waals surface area contributed by atoms with E-state index >= 15 is 0 Å². The van der Waals surface area contributed by atoms with Crippen molar-refractivity contribution in [2.24, 2.45) is 0 Å². The lowest BCUT2D eigenvalue weighted by atomic mass is 10.0. The number of fused-ring (bicyclic) bond motifs is 2. The number of aromatic nitrogens is 2. The fourth-order valence-electron chi connectivity index (χ4n) is 8.73. The summed E-state index contributed by atoms with van der Waals surface area (Å²) < 4.78 is 25.6. The molecule has 3 aromatic carbocycles. The van der Waals surface area contributed by atoms with E-state index in [0.29, 0.717) is 59.7 Å². The van der Waals surface area contributed by atoms with Crippen molar-refractivity contribution in [2.45, 2.75) is 63.6 Å². The summed E-state index contributed by atoms with van der Waals surface area (Å²) in [7, 11) is 1.61. The van der Waals surface area contributed by atoms with Crippen LogP contribution < -0.4 is 20.1 Å². The van der Waals surface area contributed by atoms with Crippen LogP contribution in [0.5, 0.6) is 11.5 Å². The Kier molecular flexibility index (Phi) is 13.1. The fraction of sp³-hybridized carbons (Fsp3) is 0.444. The van der Waals surface area contributed by atoms with Crippen LogP contribution in [0, 0.1) is 17.7 Å². The van der Waals surface area contributed by atoms with Gasteiger partial charge in [0.2, 0.25) is 11.8 Å². The first-order valence-corrected chi connectivity index (χ1v) is 21.2. The van der Waals surface area contributed by atoms with Crippen molar-refractivity contribution in [1.29, 1.82) is 0 Å². The number of carbonyl (C=O) groups excluding carboxylic acids is 3. The highest BCUT2D eigenvalue weighted by molar-refractivity contribution is 6.31. The molecule has 1 unspecified atom stereocenters. The van der Waals surface area contributed by atoms with Gasteiger partial charge in [0.05, 0.1) is 24.3 Å². The standard InChI is InChI=1S/C45H50ClFN8O5/c1-59-40-27-38-34(43(49-29-48-38)50-31-10-11-37(47)36(46)25-31)26-41(40)60-24-6-17-52-18-14-32(15-19-52)54-22-20-53(21-23-54)16-4-2-3-7-30-8-5-9-33-35(30)28-55(45(33)58)39-12-13-42(56)51-44(39)57/h5,8-11,25-27,29,32,39H,2,4,6,12-24,28H2,1H3,(H,48,49,50)(H,51,56,57). The predicted molar refractivity (Wildman–Crippen MR) is 227 cm³/mol. The molecule has 15 heteroatoms. The number of imide groups is 1. The number of hydrogen-bond acceptors (Lipinski definition) is 11. The topological polar surface area (TPSA) is 132 Å². The second-order valence-corrected chi connectivity index (χ2v) is 16.2. The number of unbranched alkanes of at least 4 members (excludes halogenated alkanes) is 1. The highest BCUT2D eigenvalue weighted by atomic mass is 35.5. The molecule has 4 aliphatic heterocycles. The molecule has 3 fully saturated rings. The number of piperazine rings is 1. The van der Waals surface area contributed by atoms with Crippen molar-refractivity contribution >= 4 is 51.7 Å². The number of nitrogens with one attached hydrogen (secondary N) is 2. The minimum Gasteiger partial charge on any atom is -0.493 e. The van der Waals surface area contributed by atoms with E-state index in [9.17, 15) is 18.8 Å². The van der Waals surface area contributed by atoms with E-state index in [4.69, 9.17) is 21.1 Å². The Labute approximate surface area is 354 Å². The van der Waals surface area contributed by atoms with Crippen molar-refractivity contribution in [3.8, 4) is 23.3 Å². The molecule has 0 aliphatic carbocycles. The molecule has 13 nitrogen and oxygen atoms in total. The molecule has 4 aromatic rings. The molecule has 1 aromatic heterocycles. The van der Waals surface area contributed by atoms with Crippen LogP contribution in [-0.2, 0) is 16.1 Å². The summed E-state index contributed by atoms with van der Waals surface area (Å²) >= 11 is 5.99. The first-order valence-electron chi connectivity index (χ1n) is 20.9. The normalized spacial score (nSPS) is 19.2. The zero-order chi connectivity index (χ0) is 41.6. The summed E-state index contributed by atoms with van der Waals surface area (Å²) in [5.41, 5.74) is 3.59. The molecule has 3 saturated heterocycles. The number of carbonyl (C=O) groups is 3. The molecule has 0 radical (unpaired) electrons. The summed E-state index contributed by atoms with van der Waals surface area (Å²) in [5.74, 6) is 7.04. The van der Waals surface area contributed by atoms with Crippen LogP contribution in [-0.4, -0.2) is 125 Å². The minimum atomic E-state index is -0.627. The number of benzene rings is 3. The van der Waals surface area contributed by atoms with Crippen LogP contribution in [0.2, 0.25) is 5.02 Å². The van der Waals surface area contributed by atoms with Gasteiger partial charge in [-0.15, -0.1) is 0 Å². The maximum Gasteiger partial charge on any atom is 0.255 e. The van der Waals surface area contributed by atoms with Crippen LogP contribution in [0.3, 0.4) is 0 Å². The Morgan fingerprint density at radius 1 is 0.933 bits per heavy atom. The average molecular weight is 837 g/mol. The van der Waals surface area contributed by atoms with Gasteiger partial charge in [0.15, 0.2) is 11.5 Å². The molecule has 1 atom stereocenters. The number of piperidine rings is 2. The monoisotopic (exact) mass is 836 g/mol. The molecule has 5 heterocycles. The molecule has 0 saturated carbocycles. The molecule has 60 heavy (non-hydrogen) atoms. The second-order valence-electron chi connectivity index (χ2n) is 15.8. The van der Waals surface area contributed by atoms with Crippen LogP contribution >= 0.6 is 11.6 Å². The number of hydrogen-bond donors (Lipinski definition) is 2. The van der Waals surface area contributed by atoms with Gasteiger partial charge in [0.1, 0.15) is 24.0 Å². The number of methoxy groups -OCH3 is 1. The summed E-state index contributed by atoms with van der Waals surface area (Å²) in [4.78, 5) is 55.3. The Hall–Kier alpha value is -5.33. The van der Waals surface area contributed by atoms with Gasteiger partial charge >= 0.3 is 0 Å². The highest BCUT2D eigenvalue weighted by Gasteiger charge is 2.39. The largest absolute Gasteiger partial charge is 0.493 e. The van der Waals surface area contributed by atoms with Gasteiger partial charge in [-0.1, -0.05) is 29.5 Å². The van der Waals surface area contributed by atoms with Crippen molar-refractivity contribution in [3.05, 3.63) is 82.4 Å². The fourth-order valence-corrected chi connectivity index (χ4v) is 8.91. The van der Waals surface area contributed by atoms with Gasteiger partial charge in [-0.3, -0.25) is 24.6 Å². The quantitative estimate of drug-likeness (QED) is 0.0989. The van der Waals surface area contributed by atoms with Crippen LogP contribution in [0.4, 0.5) is 15.9 Å². The number of likely N-dealkylation sites (tertiary alicyclic amines) is 1. The molecule has 2 N–H and O–H groups in total. The van der Waals surface area contributed by atoms with E-state index < -0.39 is 17.8 Å². The lowest BCUT2D eigenvalue weighted by Crippen LogP contribution is -2.53. The highest BCUT2D eigenvalue weighted by Crippen LogP contribution is 2.35. The van der Waals surface area contributed by atoms with E-state index in [1.54, 1.807) is 24.1 Å². The summed E-state index contributed by atoms with van der Waals surface area (Å²) in [6.07, 6.45) is 7.03. The van der Waals surface area contributed by atoms with E-state index in [1.807, 2.05) is 24.3 Å². The first-order chi connectivity index (χ1) is 29.2. The van der Waals surface area contributed by atoms with Crippen molar-refractivity contribution in [2.75, 3.05) is 71.4 Å². The summed E-state index contributed by atoms with van der Waals surface area (Å²) in [6.45, 7) is 9.33. The Morgan fingerprint density at radius 2 is 1.73 bits per heavy atom. The molecule has 3 amide bonds. The van der Waals surface area contributed by atoms with Gasteiger partial charge in [0.25, 0.3) is 5.91 Å². The average Bonchev–Trinajstić information content (AvgIpc) is 3.60. The third kappa shape index (κ3) is 9.50. The molecule has 0 spiro atoms. The SMILES string of the molecule is COc1cc2ncnc(Nc3ccc(F)c(Cl)c3)c2cc1OCCCN1CCC(N2CCN(CCCC#Cc3cccc4c3CN(C3CCC(=O)NC3=O)C4=O)CC2)CC1. The van der Waals surface area contributed by atoms with Gasteiger partial charge < -0.3 is 29.5 Å². The van der Waals surface area contributed by atoms with E-state index in [0.717, 1.165) is 88.1 Å². The molecule has 0 bridgehead atoms. The van der Waals surface area contributed by atoms with Gasteiger partial charge in [-0.25, -0.2) is 14.4 Å². The maximum absolute atomic E-state index is 13.7. The maximum atomic E-state index is 13.7. The second kappa shape index (κ2) is 18.9. The Morgan fingerprint density at radius 3 is 2.52 bits per heavy atom. The summed E-state index contributed by atoms with van der Waals surface area (Å²) in [6, 6.07) is 13.7. The van der Waals surface area contributed by atoms with E-state index in [-0.39, 0.29) is 23.3 Å². The van der Waals surface area contributed by atoms with Crippen molar-refractivity contribution in [1.82, 2.24) is 34.9 Å². The molecule has 8 rings (SSSR count). The van der Waals surface area contributed by atoms with Crippen LogP contribution in [0.1, 0.15) is 66.4 Å². The zero-order valence-corrected chi connectivity index (χ0v) is 34.6. The molecular formula is C45H50ClFN8O5. The first kappa shape index (κ1) is 41.4. The number of rotatable bonds is 13. The third-order valence-corrected chi connectivity index (χ3v) is 12.3. The smallest absolute Gasteiger partial charge is 0.255 e.